The van der Waals surface area contributed by atoms with Crippen LogP contribution in [-0.2, 0) is 25.7 Å². The maximum absolute atomic E-state index is 12.2. The molecule has 182 valence electrons. The number of esters is 1. The molecule has 1 aromatic carbocycles. The first-order valence-electron chi connectivity index (χ1n) is 12.6. The second kappa shape index (κ2) is 19.8. The van der Waals surface area contributed by atoms with Gasteiger partial charge in [0.2, 0.25) is 0 Å². The largest absolute Gasteiger partial charge is 0.481 e. The van der Waals surface area contributed by atoms with E-state index in [-0.39, 0.29) is 18.7 Å². The molecule has 1 atom stereocenters. The number of unbranched alkanes of at least 4 members (excludes halogenated alkanes) is 10. The zero-order valence-electron chi connectivity index (χ0n) is 20.1. The zero-order chi connectivity index (χ0) is 23.3. The first-order valence-corrected chi connectivity index (χ1v) is 12.6. The Bertz CT molecular complexity index is 587. The van der Waals surface area contributed by atoms with Gasteiger partial charge in [0.1, 0.15) is 12.7 Å². The fourth-order valence-corrected chi connectivity index (χ4v) is 3.82. The van der Waals surface area contributed by atoms with Gasteiger partial charge < -0.3 is 14.6 Å². The summed E-state index contributed by atoms with van der Waals surface area (Å²) < 4.78 is 11.2. The first kappa shape index (κ1) is 28.2. The predicted molar refractivity (Wildman–Crippen MR) is 129 cm³/mol. The zero-order valence-corrected chi connectivity index (χ0v) is 20.1. The molecular formula is C27H44O5. The van der Waals surface area contributed by atoms with Crippen LogP contribution in [-0.4, -0.2) is 29.8 Å². The highest BCUT2D eigenvalue weighted by atomic mass is 16.6. The van der Waals surface area contributed by atoms with E-state index in [1.165, 1.54) is 38.5 Å². The highest BCUT2D eigenvalue weighted by Crippen LogP contribution is 2.17. The third kappa shape index (κ3) is 16.8. The lowest BCUT2D eigenvalue weighted by Gasteiger charge is -2.18. The van der Waals surface area contributed by atoms with Crippen molar-refractivity contribution in [2.75, 3.05) is 6.61 Å². The van der Waals surface area contributed by atoms with Crippen LogP contribution < -0.4 is 0 Å². The SMILES string of the molecule is CCCCCC(CCCCCCCCCCCC(=O)O)OC(=O)COCc1ccccc1. The fourth-order valence-electron chi connectivity index (χ4n) is 3.82. The van der Waals surface area contributed by atoms with E-state index < -0.39 is 5.97 Å². The van der Waals surface area contributed by atoms with Crippen molar-refractivity contribution in [1.29, 1.82) is 0 Å². The summed E-state index contributed by atoms with van der Waals surface area (Å²) >= 11 is 0. The van der Waals surface area contributed by atoms with E-state index in [4.69, 9.17) is 14.6 Å². The Morgan fingerprint density at radius 1 is 0.812 bits per heavy atom. The summed E-state index contributed by atoms with van der Waals surface area (Å²) in [4.78, 5) is 22.7. The van der Waals surface area contributed by atoms with Crippen molar-refractivity contribution in [3.05, 3.63) is 35.9 Å². The van der Waals surface area contributed by atoms with Crippen molar-refractivity contribution in [3.63, 3.8) is 0 Å². The number of benzene rings is 1. The first-order chi connectivity index (χ1) is 15.6. The van der Waals surface area contributed by atoms with Crippen LogP contribution >= 0.6 is 0 Å². The van der Waals surface area contributed by atoms with Crippen molar-refractivity contribution in [2.45, 2.75) is 116 Å². The summed E-state index contributed by atoms with van der Waals surface area (Å²) in [5.41, 5.74) is 1.06. The van der Waals surface area contributed by atoms with Crippen LogP contribution in [0.3, 0.4) is 0 Å². The van der Waals surface area contributed by atoms with Crippen LogP contribution in [0, 0.1) is 0 Å². The van der Waals surface area contributed by atoms with Crippen LogP contribution in [0.2, 0.25) is 0 Å². The van der Waals surface area contributed by atoms with E-state index in [0.717, 1.165) is 56.9 Å². The minimum atomic E-state index is -0.691. The molecule has 0 aliphatic heterocycles. The fraction of sp³-hybridized carbons (Fsp3) is 0.704. The molecule has 0 aromatic heterocycles. The number of carboxylic acids is 1. The maximum atomic E-state index is 12.2. The summed E-state index contributed by atoms with van der Waals surface area (Å²) in [5, 5.41) is 8.63. The highest BCUT2D eigenvalue weighted by Gasteiger charge is 2.14. The number of carbonyl (C=O) groups is 2. The second-order valence-electron chi connectivity index (χ2n) is 8.70. The molecule has 0 saturated heterocycles. The second-order valence-corrected chi connectivity index (χ2v) is 8.70. The standard InChI is InChI=1S/C27H44O5/c1-2-3-12-19-25(32-27(30)23-31-22-24-17-13-11-14-18-24)20-15-9-7-5-4-6-8-10-16-21-26(28)29/h11,13-14,17-18,25H,2-10,12,15-16,19-23H2,1H3,(H,28,29). The number of ether oxygens (including phenoxy) is 2. The molecule has 5 heteroatoms. The molecule has 5 nitrogen and oxygen atoms in total. The Kier molecular flexibility index (Phi) is 17.4. The van der Waals surface area contributed by atoms with Crippen LogP contribution in [0.15, 0.2) is 30.3 Å². The molecule has 0 fully saturated rings. The molecule has 0 aliphatic rings. The lowest BCUT2D eigenvalue weighted by Crippen LogP contribution is -2.22. The Labute approximate surface area is 194 Å². The smallest absolute Gasteiger partial charge is 0.332 e. The lowest BCUT2D eigenvalue weighted by molar-refractivity contribution is -0.155. The van der Waals surface area contributed by atoms with Gasteiger partial charge in [0.15, 0.2) is 0 Å². The van der Waals surface area contributed by atoms with Crippen molar-refractivity contribution in [2.24, 2.45) is 0 Å². The van der Waals surface area contributed by atoms with Crippen molar-refractivity contribution < 1.29 is 24.2 Å². The molecule has 1 rings (SSSR count). The van der Waals surface area contributed by atoms with Crippen LogP contribution in [0.4, 0.5) is 0 Å². The third-order valence-electron chi connectivity index (χ3n) is 5.68. The summed E-state index contributed by atoms with van der Waals surface area (Å²) in [6.07, 6.45) is 15.7. The summed E-state index contributed by atoms with van der Waals surface area (Å²) in [7, 11) is 0. The average molecular weight is 449 g/mol. The normalized spacial score (nSPS) is 11.9. The molecule has 1 aromatic rings. The van der Waals surface area contributed by atoms with Crippen molar-refractivity contribution in [3.8, 4) is 0 Å². The van der Waals surface area contributed by atoms with Gasteiger partial charge in [-0.15, -0.1) is 0 Å². The number of rotatable bonds is 21. The minimum Gasteiger partial charge on any atom is -0.481 e. The maximum Gasteiger partial charge on any atom is 0.332 e. The van der Waals surface area contributed by atoms with E-state index in [9.17, 15) is 9.59 Å². The monoisotopic (exact) mass is 448 g/mol. The van der Waals surface area contributed by atoms with Gasteiger partial charge in [-0.2, -0.15) is 0 Å². The molecule has 32 heavy (non-hydrogen) atoms. The molecule has 0 aliphatic carbocycles. The van der Waals surface area contributed by atoms with E-state index in [0.29, 0.717) is 13.0 Å². The van der Waals surface area contributed by atoms with E-state index in [2.05, 4.69) is 6.92 Å². The number of hydrogen-bond donors (Lipinski definition) is 1. The lowest BCUT2D eigenvalue weighted by atomic mass is 10.0. The van der Waals surface area contributed by atoms with Gasteiger partial charge in [0, 0.05) is 6.42 Å². The number of carbonyl (C=O) groups excluding carboxylic acids is 1. The molecule has 1 N–H and O–H groups in total. The summed E-state index contributed by atoms with van der Waals surface area (Å²) in [6, 6.07) is 9.85. The van der Waals surface area contributed by atoms with E-state index >= 15 is 0 Å². The van der Waals surface area contributed by atoms with Crippen LogP contribution in [0.1, 0.15) is 109 Å². The van der Waals surface area contributed by atoms with Crippen molar-refractivity contribution in [1.82, 2.24) is 0 Å². The Hall–Kier alpha value is -1.88. The van der Waals surface area contributed by atoms with E-state index in [1.807, 2.05) is 30.3 Å². The van der Waals surface area contributed by atoms with Gasteiger partial charge in [-0.3, -0.25) is 4.79 Å². The summed E-state index contributed by atoms with van der Waals surface area (Å²) in [5.74, 6) is -0.950. The molecule has 0 spiro atoms. The predicted octanol–water partition coefficient (Wildman–Crippen LogP) is 7.07. The van der Waals surface area contributed by atoms with Gasteiger partial charge in [-0.05, 0) is 37.7 Å². The number of carboxylic acid groups (broad SMARTS) is 1. The van der Waals surface area contributed by atoms with Gasteiger partial charge in [-0.25, -0.2) is 4.79 Å². The van der Waals surface area contributed by atoms with Gasteiger partial charge in [-0.1, -0.05) is 95.0 Å². The average Bonchev–Trinajstić information content (AvgIpc) is 2.78. The topological polar surface area (TPSA) is 72.8 Å². The third-order valence-corrected chi connectivity index (χ3v) is 5.68. The Balaban J connectivity index is 2.12. The quantitative estimate of drug-likeness (QED) is 0.161. The minimum absolute atomic E-state index is 0.00334. The van der Waals surface area contributed by atoms with Crippen LogP contribution in [0.25, 0.3) is 0 Å². The molecule has 0 saturated carbocycles. The van der Waals surface area contributed by atoms with E-state index in [1.54, 1.807) is 0 Å². The number of hydrogen-bond acceptors (Lipinski definition) is 4. The molecule has 0 amide bonds. The molecule has 1 unspecified atom stereocenters. The number of aliphatic carboxylic acids is 1. The summed E-state index contributed by atoms with van der Waals surface area (Å²) in [6.45, 7) is 2.62. The molecular weight excluding hydrogens is 404 g/mol. The van der Waals surface area contributed by atoms with Gasteiger partial charge >= 0.3 is 11.9 Å². The van der Waals surface area contributed by atoms with Crippen molar-refractivity contribution >= 4 is 11.9 Å². The van der Waals surface area contributed by atoms with Crippen LogP contribution in [0.5, 0.6) is 0 Å². The Morgan fingerprint density at radius 3 is 1.97 bits per heavy atom. The van der Waals surface area contributed by atoms with Gasteiger partial charge in [0.05, 0.1) is 6.61 Å². The highest BCUT2D eigenvalue weighted by molar-refractivity contribution is 5.70. The molecule has 0 radical (unpaired) electrons. The molecule has 0 heterocycles. The molecule has 0 bridgehead atoms. The van der Waals surface area contributed by atoms with Gasteiger partial charge in [0.25, 0.3) is 0 Å². The Morgan fingerprint density at radius 2 is 1.38 bits per heavy atom.